The van der Waals surface area contributed by atoms with Crippen molar-refractivity contribution in [2.45, 2.75) is 6.42 Å². The molecule has 1 aromatic carbocycles. The predicted octanol–water partition coefficient (Wildman–Crippen LogP) is 2.19. The molecule has 2 N–H and O–H groups in total. The highest BCUT2D eigenvalue weighted by molar-refractivity contribution is 6.18. The number of hydrogen-bond donors (Lipinski definition) is 1. The van der Waals surface area contributed by atoms with E-state index in [2.05, 4.69) is 4.98 Å². The average Bonchev–Trinajstić information content (AvgIpc) is 2.41. The summed E-state index contributed by atoms with van der Waals surface area (Å²) in [4.78, 5) is 15.6. The van der Waals surface area contributed by atoms with E-state index in [-0.39, 0.29) is 0 Å². The molecule has 0 saturated carbocycles. The molecule has 0 radical (unpaired) electrons. The first-order valence-electron chi connectivity index (χ1n) is 5.72. The van der Waals surface area contributed by atoms with Gasteiger partial charge in [0.1, 0.15) is 0 Å². The van der Waals surface area contributed by atoms with Crippen LogP contribution in [0.3, 0.4) is 0 Å². The molecule has 0 aliphatic carbocycles. The third-order valence-electron chi connectivity index (χ3n) is 2.59. The van der Waals surface area contributed by atoms with E-state index in [0.29, 0.717) is 17.7 Å². The second-order valence-electron chi connectivity index (χ2n) is 3.89. The Bertz CT molecular complexity index is 547. The van der Waals surface area contributed by atoms with Gasteiger partial charge < -0.3 is 5.73 Å². The topological polar surface area (TPSA) is 56.0 Å². The molecule has 0 bridgehead atoms. The van der Waals surface area contributed by atoms with Crippen LogP contribution in [0, 0.1) is 0 Å². The Kier molecular flexibility index (Phi) is 3.86. The van der Waals surface area contributed by atoms with E-state index >= 15 is 0 Å². The van der Waals surface area contributed by atoms with Crippen molar-refractivity contribution in [2.75, 3.05) is 0 Å². The fourth-order valence-corrected chi connectivity index (χ4v) is 1.69. The zero-order valence-corrected chi connectivity index (χ0v) is 9.91. The van der Waals surface area contributed by atoms with E-state index in [4.69, 9.17) is 5.73 Å². The summed E-state index contributed by atoms with van der Waals surface area (Å²) < 4.78 is 0. The normalized spacial score (nSPS) is 11.2. The summed E-state index contributed by atoms with van der Waals surface area (Å²) >= 11 is 0. The molecule has 0 unspecified atom stereocenters. The molecular formula is C15H14N2O. The van der Waals surface area contributed by atoms with Crippen molar-refractivity contribution in [3.05, 3.63) is 72.1 Å². The Morgan fingerprint density at radius 3 is 2.44 bits per heavy atom. The summed E-state index contributed by atoms with van der Waals surface area (Å²) in [5.41, 5.74) is 7.59. The molecule has 0 atom stereocenters. The minimum absolute atomic E-state index is 0.454. The zero-order chi connectivity index (χ0) is 12.8. The molecule has 18 heavy (non-hydrogen) atoms. The van der Waals surface area contributed by atoms with Crippen LogP contribution in [0.4, 0.5) is 0 Å². The van der Waals surface area contributed by atoms with Crippen molar-refractivity contribution >= 4 is 11.5 Å². The quantitative estimate of drug-likeness (QED) is 0.830. The van der Waals surface area contributed by atoms with Crippen LogP contribution < -0.4 is 5.73 Å². The smallest absolute Gasteiger partial charge is 0.250 e. The van der Waals surface area contributed by atoms with Crippen LogP contribution in [0.5, 0.6) is 0 Å². The van der Waals surface area contributed by atoms with Crippen molar-refractivity contribution in [1.82, 2.24) is 4.98 Å². The van der Waals surface area contributed by atoms with Gasteiger partial charge in [0, 0.05) is 6.20 Å². The number of pyridine rings is 1. The lowest BCUT2D eigenvalue weighted by molar-refractivity contribution is -0.112. The van der Waals surface area contributed by atoms with Crippen LogP contribution in [-0.2, 0) is 11.2 Å². The Balaban J connectivity index is 2.24. The molecule has 1 heterocycles. The van der Waals surface area contributed by atoms with Crippen LogP contribution >= 0.6 is 0 Å². The third kappa shape index (κ3) is 3.04. The fourth-order valence-electron chi connectivity index (χ4n) is 1.69. The van der Waals surface area contributed by atoms with Crippen molar-refractivity contribution in [2.24, 2.45) is 5.73 Å². The summed E-state index contributed by atoms with van der Waals surface area (Å²) in [5, 5.41) is 0. The largest absolute Gasteiger partial charge is 0.366 e. The first-order valence-corrected chi connectivity index (χ1v) is 5.72. The summed E-state index contributed by atoms with van der Waals surface area (Å²) in [5.74, 6) is -0.454. The van der Waals surface area contributed by atoms with Gasteiger partial charge in [0.25, 0.3) is 5.91 Å². The molecule has 1 aromatic heterocycles. The van der Waals surface area contributed by atoms with Gasteiger partial charge in [-0.15, -0.1) is 0 Å². The van der Waals surface area contributed by atoms with E-state index in [1.165, 1.54) is 0 Å². The number of hydrogen-bond acceptors (Lipinski definition) is 2. The summed E-state index contributed by atoms with van der Waals surface area (Å²) in [6, 6.07) is 15.3. The van der Waals surface area contributed by atoms with E-state index in [0.717, 1.165) is 5.56 Å². The highest BCUT2D eigenvalue weighted by Gasteiger charge is 2.08. The van der Waals surface area contributed by atoms with Gasteiger partial charge >= 0.3 is 0 Å². The van der Waals surface area contributed by atoms with Crippen LogP contribution in [0.1, 0.15) is 11.3 Å². The molecule has 2 aromatic rings. The summed E-state index contributed by atoms with van der Waals surface area (Å²) in [7, 11) is 0. The molecule has 0 spiro atoms. The number of nitrogens with two attached hydrogens (primary N) is 1. The molecule has 3 heteroatoms. The molecule has 90 valence electrons. The van der Waals surface area contributed by atoms with E-state index in [1.807, 2.05) is 42.5 Å². The van der Waals surface area contributed by atoms with Crippen molar-refractivity contribution < 1.29 is 4.79 Å². The third-order valence-corrected chi connectivity index (χ3v) is 2.59. The number of benzene rings is 1. The summed E-state index contributed by atoms with van der Waals surface area (Å²) in [6.45, 7) is 0. The lowest BCUT2D eigenvalue weighted by Crippen LogP contribution is -2.14. The second-order valence-corrected chi connectivity index (χ2v) is 3.89. The lowest BCUT2D eigenvalue weighted by Gasteiger charge is -2.02. The van der Waals surface area contributed by atoms with Gasteiger partial charge in [-0.05, 0) is 24.1 Å². The van der Waals surface area contributed by atoms with Gasteiger partial charge in [0.2, 0.25) is 0 Å². The molecular weight excluding hydrogens is 224 g/mol. The number of amides is 1. The average molecular weight is 238 g/mol. The van der Waals surface area contributed by atoms with Gasteiger partial charge in [-0.3, -0.25) is 9.78 Å². The minimum Gasteiger partial charge on any atom is -0.366 e. The molecule has 0 fully saturated rings. The minimum atomic E-state index is -0.454. The Morgan fingerprint density at radius 1 is 1.11 bits per heavy atom. The van der Waals surface area contributed by atoms with Crippen LogP contribution in [0.2, 0.25) is 0 Å². The first-order chi connectivity index (χ1) is 8.77. The van der Waals surface area contributed by atoms with Gasteiger partial charge in [-0.25, -0.2) is 0 Å². The van der Waals surface area contributed by atoms with Crippen LogP contribution in [0.15, 0.2) is 60.8 Å². The number of primary amides is 1. The van der Waals surface area contributed by atoms with Gasteiger partial charge in [0.05, 0.1) is 11.3 Å². The maximum Gasteiger partial charge on any atom is 0.250 e. The standard InChI is InChI=1S/C15H14N2O/c16-15(18)13(14-8-4-5-11-17-14)10-9-12-6-2-1-3-7-12/h1-8,10-11H,9H2,(H2,16,18). The second kappa shape index (κ2) is 5.77. The molecule has 3 nitrogen and oxygen atoms in total. The summed E-state index contributed by atoms with van der Waals surface area (Å²) in [6.07, 6.45) is 4.13. The number of carbonyl (C=O) groups is 1. The van der Waals surface area contributed by atoms with Gasteiger partial charge in [-0.1, -0.05) is 42.5 Å². The number of allylic oxidation sites excluding steroid dienone is 1. The molecule has 2 rings (SSSR count). The highest BCUT2D eigenvalue weighted by atomic mass is 16.1. The highest BCUT2D eigenvalue weighted by Crippen LogP contribution is 2.12. The number of rotatable bonds is 4. The molecule has 0 saturated heterocycles. The van der Waals surface area contributed by atoms with Crippen molar-refractivity contribution in [3.8, 4) is 0 Å². The fraction of sp³-hybridized carbons (Fsp3) is 0.0667. The number of carbonyl (C=O) groups excluding carboxylic acids is 1. The van der Waals surface area contributed by atoms with Crippen LogP contribution in [-0.4, -0.2) is 10.9 Å². The predicted molar refractivity (Wildman–Crippen MR) is 71.6 cm³/mol. The monoisotopic (exact) mass is 238 g/mol. The van der Waals surface area contributed by atoms with E-state index in [1.54, 1.807) is 18.3 Å². The first kappa shape index (κ1) is 12.0. The number of nitrogens with zero attached hydrogens (tertiary/aromatic N) is 1. The Morgan fingerprint density at radius 2 is 1.83 bits per heavy atom. The molecule has 0 aliphatic rings. The van der Waals surface area contributed by atoms with Crippen molar-refractivity contribution in [1.29, 1.82) is 0 Å². The van der Waals surface area contributed by atoms with Gasteiger partial charge in [-0.2, -0.15) is 0 Å². The molecule has 1 amide bonds. The van der Waals surface area contributed by atoms with Gasteiger partial charge in [0.15, 0.2) is 0 Å². The van der Waals surface area contributed by atoms with Crippen LogP contribution in [0.25, 0.3) is 5.57 Å². The lowest BCUT2D eigenvalue weighted by atomic mass is 10.1. The maximum atomic E-state index is 11.4. The Labute approximate surface area is 106 Å². The zero-order valence-electron chi connectivity index (χ0n) is 9.91. The molecule has 0 aliphatic heterocycles. The maximum absolute atomic E-state index is 11.4. The van der Waals surface area contributed by atoms with E-state index in [9.17, 15) is 4.79 Å². The van der Waals surface area contributed by atoms with Crippen molar-refractivity contribution in [3.63, 3.8) is 0 Å². The SMILES string of the molecule is NC(=O)C(=CCc1ccccc1)c1ccccn1. The van der Waals surface area contributed by atoms with E-state index < -0.39 is 5.91 Å². The number of aromatic nitrogens is 1. The Hall–Kier alpha value is -2.42.